The summed E-state index contributed by atoms with van der Waals surface area (Å²) in [6.07, 6.45) is 4.07. The van der Waals surface area contributed by atoms with Gasteiger partial charge < -0.3 is 18.9 Å². The van der Waals surface area contributed by atoms with Gasteiger partial charge in [0.15, 0.2) is 5.76 Å². The number of carbonyl (C=O) groups excluding carboxylic acids is 2. The molecule has 5 aliphatic heterocycles. The Bertz CT molecular complexity index is 831. The van der Waals surface area contributed by atoms with Crippen LogP contribution >= 0.6 is 0 Å². The number of Topliss-reactive ketones (excluding diaryl/α,β-unsaturated/α-hetero) is 1. The topological polar surface area (TPSA) is 74.3 Å². The van der Waals surface area contributed by atoms with E-state index in [9.17, 15) is 9.59 Å². The van der Waals surface area contributed by atoms with Crippen LogP contribution in [0.1, 0.15) is 52.9 Å². The maximum absolute atomic E-state index is 12.7. The standard InChI is InChI=1S/C22H29NO6/c1-5-14(24)13-7-8-15-17-16-11(2)19(20-18(26-4)12(3)21(25)27-20)29-22(16,28-15)9-6-10-23(13)17/h11,13,15-17H,5-10H2,1-4H3/b20-19-/t11-,13-,15+,16+,17-,22+/m0/s1. The van der Waals surface area contributed by atoms with Crippen LogP contribution in [0.3, 0.4) is 0 Å². The van der Waals surface area contributed by atoms with Crippen LogP contribution in [0.25, 0.3) is 0 Å². The fourth-order valence-electron chi connectivity index (χ4n) is 6.26. The molecule has 2 bridgehead atoms. The van der Waals surface area contributed by atoms with Gasteiger partial charge in [0.05, 0.1) is 30.7 Å². The van der Waals surface area contributed by atoms with Crippen molar-refractivity contribution < 1.29 is 28.5 Å². The highest BCUT2D eigenvalue weighted by molar-refractivity contribution is 5.93. The van der Waals surface area contributed by atoms with Crippen molar-refractivity contribution in [3.8, 4) is 0 Å². The van der Waals surface area contributed by atoms with Gasteiger partial charge in [-0.3, -0.25) is 9.69 Å². The first-order valence-corrected chi connectivity index (χ1v) is 10.8. The lowest BCUT2D eigenvalue weighted by atomic mass is 9.78. The minimum atomic E-state index is -0.711. The minimum Gasteiger partial charge on any atom is -0.492 e. The van der Waals surface area contributed by atoms with Gasteiger partial charge in [0.25, 0.3) is 0 Å². The molecule has 5 rings (SSSR count). The van der Waals surface area contributed by atoms with Gasteiger partial charge in [-0.15, -0.1) is 0 Å². The number of methoxy groups -OCH3 is 1. The zero-order valence-electron chi connectivity index (χ0n) is 17.5. The van der Waals surface area contributed by atoms with Crippen molar-refractivity contribution in [2.24, 2.45) is 11.8 Å². The summed E-state index contributed by atoms with van der Waals surface area (Å²) in [4.78, 5) is 27.2. The van der Waals surface area contributed by atoms with E-state index in [4.69, 9.17) is 18.9 Å². The average molecular weight is 403 g/mol. The van der Waals surface area contributed by atoms with Crippen molar-refractivity contribution in [3.63, 3.8) is 0 Å². The molecule has 0 saturated carbocycles. The first-order valence-electron chi connectivity index (χ1n) is 10.8. The summed E-state index contributed by atoms with van der Waals surface area (Å²) in [6.45, 7) is 6.66. The molecule has 4 saturated heterocycles. The number of allylic oxidation sites excluding steroid dienone is 1. The Morgan fingerprint density at radius 1 is 1.34 bits per heavy atom. The monoisotopic (exact) mass is 403 g/mol. The second kappa shape index (κ2) is 6.57. The normalized spacial score (nSPS) is 43.7. The molecular weight excluding hydrogens is 374 g/mol. The summed E-state index contributed by atoms with van der Waals surface area (Å²) in [6, 6.07) is 0.122. The maximum Gasteiger partial charge on any atom is 0.343 e. The van der Waals surface area contributed by atoms with Crippen molar-refractivity contribution in [2.45, 2.75) is 76.9 Å². The molecule has 0 aromatic carbocycles. The van der Waals surface area contributed by atoms with Crippen molar-refractivity contribution in [1.82, 2.24) is 4.90 Å². The van der Waals surface area contributed by atoms with Gasteiger partial charge in [-0.1, -0.05) is 13.8 Å². The zero-order chi connectivity index (χ0) is 20.5. The Hall–Kier alpha value is -1.86. The number of carbonyl (C=O) groups is 2. The third-order valence-electron chi connectivity index (χ3n) is 7.49. The summed E-state index contributed by atoms with van der Waals surface area (Å²) < 4.78 is 24.1. The predicted octanol–water partition coefficient (Wildman–Crippen LogP) is 2.66. The van der Waals surface area contributed by atoms with E-state index in [1.807, 2.05) is 6.92 Å². The molecule has 7 nitrogen and oxygen atoms in total. The van der Waals surface area contributed by atoms with Gasteiger partial charge in [0, 0.05) is 24.8 Å². The number of rotatable bonds is 3. The molecule has 5 aliphatic rings. The van der Waals surface area contributed by atoms with E-state index in [2.05, 4.69) is 11.8 Å². The molecule has 5 heterocycles. The third kappa shape index (κ3) is 2.49. The highest BCUT2D eigenvalue weighted by Gasteiger charge is 2.68. The predicted molar refractivity (Wildman–Crippen MR) is 102 cm³/mol. The Morgan fingerprint density at radius 3 is 2.86 bits per heavy atom. The fraction of sp³-hybridized carbons (Fsp3) is 0.727. The summed E-state index contributed by atoms with van der Waals surface area (Å²) in [5.41, 5.74) is 0.454. The lowest BCUT2D eigenvalue weighted by Crippen LogP contribution is -2.57. The Balaban J connectivity index is 1.56. The van der Waals surface area contributed by atoms with Crippen LogP contribution < -0.4 is 0 Å². The van der Waals surface area contributed by atoms with Crippen LogP contribution in [-0.2, 0) is 28.5 Å². The van der Waals surface area contributed by atoms with Gasteiger partial charge in [-0.05, 0) is 32.7 Å². The van der Waals surface area contributed by atoms with E-state index in [1.54, 1.807) is 6.92 Å². The van der Waals surface area contributed by atoms with E-state index in [0.29, 0.717) is 35.1 Å². The highest BCUT2D eigenvalue weighted by atomic mass is 16.7. The molecule has 0 aliphatic carbocycles. The number of cyclic esters (lactones) is 1. The molecule has 0 unspecified atom stereocenters. The maximum atomic E-state index is 12.7. The third-order valence-corrected chi connectivity index (χ3v) is 7.49. The van der Waals surface area contributed by atoms with Gasteiger partial charge in [0.1, 0.15) is 11.5 Å². The van der Waals surface area contributed by atoms with Gasteiger partial charge >= 0.3 is 5.97 Å². The molecule has 0 N–H and O–H groups in total. The van der Waals surface area contributed by atoms with Crippen LogP contribution in [-0.4, -0.2) is 54.3 Å². The van der Waals surface area contributed by atoms with E-state index in [0.717, 1.165) is 32.2 Å². The first-order chi connectivity index (χ1) is 13.9. The van der Waals surface area contributed by atoms with Gasteiger partial charge in [-0.2, -0.15) is 0 Å². The zero-order valence-corrected chi connectivity index (χ0v) is 17.5. The molecule has 7 heteroatoms. The molecule has 0 radical (unpaired) electrons. The number of hydrogen-bond donors (Lipinski definition) is 0. The molecule has 0 aromatic rings. The second-order valence-electron chi connectivity index (χ2n) is 8.87. The van der Waals surface area contributed by atoms with Gasteiger partial charge in [0.2, 0.25) is 11.5 Å². The molecule has 6 atom stereocenters. The average Bonchev–Trinajstić information content (AvgIpc) is 3.23. The van der Waals surface area contributed by atoms with E-state index < -0.39 is 11.8 Å². The van der Waals surface area contributed by atoms with E-state index in [1.165, 1.54) is 7.11 Å². The summed E-state index contributed by atoms with van der Waals surface area (Å²) in [7, 11) is 1.54. The van der Waals surface area contributed by atoms with Crippen molar-refractivity contribution >= 4 is 11.8 Å². The van der Waals surface area contributed by atoms with Crippen molar-refractivity contribution in [2.75, 3.05) is 13.7 Å². The molecule has 0 amide bonds. The van der Waals surface area contributed by atoms with Crippen LogP contribution in [0.5, 0.6) is 0 Å². The van der Waals surface area contributed by atoms with Crippen LogP contribution in [0.15, 0.2) is 22.9 Å². The summed E-state index contributed by atoms with van der Waals surface area (Å²) in [5, 5.41) is 0. The minimum absolute atomic E-state index is 0.0000661. The number of piperidine rings is 1. The van der Waals surface area contributed by atoms with Crippen LogP contribution in [0, 0.1) is 11.8 Å². The van der Waals surface area contributed by atoms with Crippen molar-refractivity contribution in [1.29, 1.82) is 0 Å². The van der Waals surface area contributed by atoms with E-state index in [-0.39, 0.29) is 30.0 Å². The molecule has 29 heavy (non-hydrogen) atoms. The van der Waals surface area contributed by atoms with Crippen LogP contribution in [0.2, 0.25) is 0 Å². The highest BCUT2D eigenvalue weighted by Crippen LogP contribution is 2.59. The van der Waals surface area contributed by atoms with Gasteiger partial charge in [-0.25, -0.2) is 4.79 Å². The van der Waals surface area contributed by atoms with Crippen molar-refractivity contribution in [3.05, 3.63) is 22.9 Å². The molecular formula is C22H29NO6. The molecule has 0 aromatic heterocycles. The Kier molecular flexibility index (Phi) is 4.33. The first kappa shape index (κ1) is 19.1. The lowest BCUT2D eigenvalue weighted by molar-refractivity contribution is -0.211. The number of hydrogen-bond acceptors (Lipinski definition) is 7. The molecule has 158 valence electrons. The SMILES string of the molecule is CCC(=O)[C@@H]1CC[C@H]2O[C@@]34CCCN1[C@@H]2[C@H]3[C@H](C)/C(=C1/OC(=O)C(C)=C1OC)O4. The quantitative estimate of drug-likeness (QED) is 0.671. The number of esters is 1. The second-order valence-corrected chi connectivity index (χ2v) is 8.87. The Morgan fingerprint density at radius 2 is 2.14 bits per heavy atom. The molecule has 4 fully saturated rings. The molecule has 0 spiro atoms. The van der Waals surface area contributed by atoms with E-state index >= 15 is 0 Å². The number of ether oxygens (including phenoxy) is 4. The summed E-state index contributed by atoms with van der Waals surface area (Å²) in [5.74, 6) is 0.783. The lowest BCUT2D eigenvalue weighted by Gasteiger charge is -2.44. The summed E-state index contributed by atoms with van der Waals surface area (Å²) >= 11 is 0. The largest absolute Gasteiger partial charge is 0.492 e. The number of nitrogens with zero attached hydrogens (tertiary/aromatic N) is 1. The number of ketones is 1. The fourth-order valence-corrected chi connectivity index (χ4v) is 6.26. The van der Waals surface area contributed by atoms with Crippen LogP contribution in [0.4, 0.5) is 0 Å². The Labute approximate surface area is 171 Å². The smallest absolute Gasteiger partial charge is 0.343 e.